The largest absolute Gasteiger partial charge is 0.489 e. The highest BCUT2D eigenvalue weighted by Gasteiger charge is 2.06. The van der Waals surface area contributed by atoms with E-state index in [4.69, 9.17) is 22.7 Å². The topological polar surface area (TPSA) is 35.2 Å². The number of ether oxygens (including phenoxy) is 1. The van der Waals surface area contributed by atoms with Gasteiger partial charge in [-0.05, 0) is 29.8 Å². The number of hydrogen-bond acceptors (Lipinski definition) is 2. The van der Waals surface area contributed by atoms with E-state index in [1.54, 1.807) is 6.07 Å². The van der Waals surface area contributed by atoms with Crippen molar-refractivity contribution >= 4 is 33.1 Å². The van der Waals surface area contributed by atoms with E-state index in [1.165, 1.54) is 12.1 Å². The molecule has 0 spiro atoms. The second kappa shape index (κ2) is 6.12. The fourth-order valence-corrected chi connectivity index (χ4v) is 2.19. The Morgan fingerprint density at radius 3 is 2.68 bits per heavy atom. The van der Waals surface area contributed by atoms with E-state index >= 15 is 0 Å². The number of nitrogens with two attached hydrogens (primary N) is 1. The molecule has 0 fully saturated rings. The highest BCUT2D eigenvalue weighted by Crippen LogP contribution is 2.19. The van der Waals surface area contributed by atoms with Gasteiger partial charge in [-0.15, -0.1) is 0 Å². The predicted molar refractivity (Wildman–Crippen MR) is 80.8 cm³/mol. The van der Waals surface area contributed by atoms with Gasteiger partial charge < -0.3 is 10.5 Å². The average molecular weight is 340 g/mol. The fraction of sp³-hybridized carbons (Fsp3) is 0.0714. The van der Waals surface area contributed by atoms with Crippen molar-refractivity contribution in [3.05, 3.63) is 63.9 Å². The van der Waals surface area contributed by atoms with Gasteiger partial charge in [0.1, 0.15) is 23.2 Å². The molecule has 0 heterocycles. The molecule has 0 aliphatic rings. The lowest BCUT2D eigenvalue weighted by atomic mass is 10.2. The molecule has 5 heteroatoms. The molecular weight excluding hydrogens is 329 g/mol. The van der Waals surface area contributed by atoms with Gasteiger partial charge in [-0.25, -0.2) is 4.39 Å². The summed E-state index contributed by atoms with van der Waals surface area (Å²) in [4.78, 5) is 0.0380. The lowest BCUT2D eigenvalue weighted by molar-refractivity contribution is 0.304. The molecule has 2 nitrogen and oxygen atoms in total. The van der Waals surface area contributed by atoms with Crippen molar-refractivity contribution in [2.75, 3.05) is 0 Å². The quantitative estimate of drug-likeness (QED) is 0.860. The molecule has 0 aliphatic heterocycles. The maximum atomic E-state index is 13.6. The first kappa shape index (κ1) is 14.0. The fourth-order valence-electron chi connectivity index (χ4n) is 1.58. The Bertz CT molecular complexity index is 618. The molecule has 2 aromatic rings. The summed E-state index contributed by atoms with van der Waals surface area (Å²) < 4.78 is 20.1. The monoisotopic (exact) mass is 339 g/mol. The molecule has 98 valence electrons. The van der Waals surface area contributed by atoms with Crippen LogP contribution in [-0.2, 0) is 6.61 Å². The third kappa shape index (κ3) is 3.75. The van der Waals surface area contributed by atoms with Gasteiger partial charge in [-0.3, -0.25) is 0 Å². The Morgan fingerprint density at radius 1 is 1.26 bits per heavy atom. The van der Waals surface area contributed by atoms with E-state index in [-0.39, 0.29) is 10.6 Å². The first-order chi connectivity index (χ1) is 9.06. The Morgan fingerprint density at radius 2 is 2.05 bits per heavy atom. The van der Waals surface area contributed by atoms with Crippen molar-refractivity contribution in [2.24, 2.45) is 5.73 Å². The SMILES string of the molecule is NC(=S)c1ccc(OCc2cccc(Br)c2)cc1F. The Labute approximate surface area is 124 Å². The molecule has 0 radical (unpaired) electrons. The van der Waals surface area contributed by atoms with Crippen LogP contribution in [-0.4, -0.2) is 4.99 Å². The summed E-state index contributed by atoms with van der Waals surface area (Å²) >= 11 is 8.12. The van der Waals surface area contributed by atoms with Crippen LogP contribution in [0.2, 0.25) is 0 Å². The summed E-state index contributed by atoms with van der Waals surface area (Å²) in [5.41, 5.74) is 6.61. The predicted octanol–water partition coefficient (Wildman–Crippen LogP) is 3.80. The molecule has 0 amide bonds. The van der Waals surface area contributed by atoms with E-state index < -0.39 is 5.82 Å². The van der Waals surface area contributed by atoms with Gasteiger partial charge in [0, 0.05) is 16.1 Å². The van der Waals surface area contributed by atoms with E-state index in [1.807, 2.05) is 24.3 Å². The van der Waals surface area contributed by atoms with Crippen LogP contribution in [0.4, 0.5) is 4.39 Å². The van der Waals surface area contributed by atoms with Gasteiger partial charge in [0.25, 0.3) is 0 Å². The molecule has 0 atom stereocenters. The van der Waals surface area contributed by atoms with Gasteiger partial charge >= 0.3 is 0 Å². The van der Waals surface area contributed by atoms with Gasteiger partial charge in [-0.1, -0.05) is 40.3 Å². The zero-order valence-corrected chi connectivity index (χ0v) is 12.3. The van der Waals surface area contributed by atoms with Crippen molar-refractivity contribution in [3.63, 3.8) is 0 Å². The Kier molecular flexibility index (Phi) is 4.50. The van der Waals surface area contributed by atoms with Gasteiger partial charge in [0.15, 0.2) is 0 Å². The van der Waals surface area contributed by atoms with Crippen LogP contribution in [0, 0.1) is 5.82 Å². The third-order valence-electron chi connectivity index (χ3n) is 2.50. The van der Waals surface area contributed by atoms with Crippen LogP contribution in [0.25, 0.3) is 0 Å². The molecule has 0 aromatic heterocycles. The first-order valence-corrected chi connectivity index (χ1v) is 6.73. The highest BCUT2D eigenvalue weighted by molar-refractivity contribution is 9.10. The molecule has 0 saturated heterocycles. The van der Waals surface area contributed by atoms with E-state index in [9.17, 15) is 4.39 Å². The summed E-state index contributed by atoms with van der Waals surface area (Å²) in [6, 6.07) is 12.2. The minimum absolute atomic E-state index is 0.0380. The summed E-state index contributed by atoms with van der Waals surface area (Å²) in [6.45, 7) is 0.366. The van der Waals surface area contributed by atoms with Gasteiger partial charge in [0.2, 0.25) is 0 Å². The smallest absolute Gasteiger partial charge is 0.137 e. The standard InChI is InChI=1S/C14H11BrFNOS/c15-10-3-1-2-9(6-10)8-18-11-4-5-12(14(17)19)13(16)7-11/h1-7H,8H2,(H2,17,19). The van der Waals surface area contributed by atoms with Crippen LogP contribution in [0.1, 0.15) is 11.1 Å². The van der Waals surface area contributed by atoms with Gasteiger partial charge in [-0.2, -0.15) is 0 Å². The van der Waals surface area contributed by atoms with Crippen molar-refractivity contribution < 1.29 is 9.13 Å². The highest BCUT2D eigenvalue weighted by atomic mass is 79.9. The molecule has 19 heavy (non-hydrogen) atoms. The summed E-state index contributed by atoms with van der Waals surface area (Å²) in [5, 5.41) is 0. The van der Waals surface area contributed by atoms with Crippen molar-refractivity contribution in [2.45, 2.75) is 6.61 Å². The average Bonchev–Trinajstić information content (AvgIpc) is 2.36. The number of halogens is 2. The zero-order valence-electron chi connectivity index (χ0n) is 9.90. The molecule has 0 saturated carbocycles. The van der Waals surface area contributed by atoms with Crippen molar-refractivity contribution in [3.8, 4) is 5.75 Å². The summed E-state index contributed by atoms with van der Waals surface area (Å²) in [7, 11) is 0. The molecular formula is C14H11BrFNOS. The number of benzene rings is 2. The molecule has 0 aliphatic carbocycles. The lowest BCUT2D eigenvalue weighted by Crippen LogP contribution is -2.11. The normalized spacial score (nSPS) is 10.2. The van der Waals surface area contributed by atoms with Crippen LogP contribution in [0.15, 0.2) is 46.9 Å². The van der Waals surface area contributed by atoms with Crippen LogP contribution in [0.3, 0.4) is 0 Å². The molecule has 0 unspecified atom stereocenters. The Hall–Kier alpha value is -1.46. The molecule has 2 N–H and O–H groups in total. The molecule has 0 bridgehead atoms. The van der Waals surface area contributed by atoms with Crippen LogP contribution in [0.5, 0.6) is 5.75 Å². The molecule has 2 aromatic carbocycles. The Balaban J connectivity index is 2.08. The second-order valence-electron chi connectivity index (χ2n) is 3.92. The van der Waals surface area contributed by atoms with Crippen LogP contribution < -0.4 is 10.5 Å². The number of thiocarbonyl (C=S) groups is 1. The first-order valence-electron chi connectivity index (χ1n) is 5.53. The maximum absolute atomic E-state index is 13.6. The summed E-state index contributed by atoms with van der Waals surface area (Å²) in [6.07, 6.45) is 0. The van der Waals surface area contributed by atoms with Crippen molar-refractivity contribution in [1.82, 2.24) is 0 Å². The van der Waals surface area contributed by atoms with E-state index in [0.717, 1.165) is 10.0 Å². The summed E-state index contributed by atoms with van der Waals surface area (Å²) in [5.74, 6) is -0.0308. The lowest BCUT2D eigenvalue weighted by Gasteiger charge is -2.08. The van der Waals surface area contributed by atoms with Crippen LogP contribution >= 0.6 is 28.1 Å². The van der Waals surface area contributed by atoms with Crippen molar-refractivity contribution in [1.29, 1.82) is 0 Å². The van der Waals surface area contributed by atoms with E-state index in [2.05, 4.69) is 15.9 Å². The minimum Gasteiger partial charge on any atom is -0.489 e. The second-order valence-corrected chi connectivity index (χ2v) is 5.28. The number of rotatable bonds is 4. The number of hydrogen-bond donors (Lipinski definition) is 1. The molecule has 2 rings (SSSR count). The third-order valence-corrected chi connectivity index (χ3v) is 3.21. The van der Waals surface area contributed by atoms with Gasteiger partial charge in [0.05, 0.1) is 0 Å². The minimum atomic E-state index is -0.473. The maximum Gasteiger partial charge on any atom is 0.137 e. The zero-order chi connectivity index (χ0) is 13.8. The van der Waals surface area contributed by atoms with E-state index in [0.29, 0.717) is 12.4 Å².